The first-order chi connectivity index (χ1) is 11.3. The molecular formula is C18H23N3OS. The smallest absolute Gasteiger partial charge is 0.226 e. The summed E-state index contributed by atoms with van der Waals surface area (Å²) in [6, 6.07) is 4.24. The van der Waals surface area contributed by atoms with Crippen LogP contribution in [0.15, 0.2) is 29.9 Å². The number of carbonyl (C=O) groups is 1. The number of hydrogen-bond donors (Lipinski definition) is 1. The second-order valence-electron chi connectivity index (χ2n) is 6.17. The summed E-state index contributed by atoms with van der Waals surface area (Å²) in [7, 11) is 0. The number of nitrogens with zero attached hydrogens (tertiary/aromatic N) is 2. The fraction of sp³-hybridized carbons (Fsp3) is 0.500. The Kier molecular flexibility index (Phi) is 5.75. The van der Waals surface area contributed by atoms with Crippen molar-refractivity contribution in [2.24, 2.45) is 0 Å². The fourth-order valence-electron chi connectivity index (χ4n) is 3.05. The highest BCUT2D eigenvalue weighted by Gasteiger charge is 2.15. The lowest BCUT2D eigenvalue weighted by Gasteiger charge is -2.20. The third kappa shape index (κ3) is 4.86. The highest BCUT2D eigenvalue weighted by molar-refractivity contribution is 7.13. The van der Waals surface area contributed by atoms with E-state index in [4.69, 9.17) is 0 Å². The monoisotopic (exact) mass is 329 g/mol. The van der Waals surface area contributed by atoms with E-state index in [0.29, 0.717) is 12.5 Å². The average Bonchev–Trinajstić information content (AvgIpc) is 2.99. The van der Waals surface area contributed by atoms with Crippen LogP contribution in [-0.4, -0.2) is 21.9 Å². The molecule has 1 saturated carbocycles. The minimum atomic E-state index is 0.0959. The first kappa shape index (κ1) is 16.1. The predicted octanol–water partition coefficient (Wildman–Crippen LogP) is 3.98. The Hall–Kier alpha value is -1.75. The number of nitrogens with one attached hydrogen (secondary N) is 1. The van der Waals surface area contributed by atoms with Gasteiger partial charge in [0.05, 0.1) is 12.1 Å². The van der Waals surface area contributed by atoms with Gasteiger partial charge >= 0.3 is 0 Å². The van der Waals surface area contributed by atoms with E-state index < -0.39 is 0 Å². The van der Waals surface area contributed by atoms with Crippen LogP contribution in [-0.2, 0) is 11.2 Å². The van der Waals surface area contributed by atoms with E-state index in [-0.39, 0.29) is 5.91 Å². The Morgan fingerprint density at radius 2 is 2.00 bits per heavy atom. The molecule has 0 aliphatic heterocycles. The van der Waals surface area contributed by atoms with Gasteiger partial charge in [-0.05, 0) is 25.0 Å². The van der Waals surface area contributed by atoms with Gasteiger partial charge in [0.1, 0.15) is 5.01 Å². The molecule has 0 aromatic carbocycles. The standard InChI is InChI=1S/C18H23N3OS/c22-17(20-15-8-4-2-1-3-5-9-15)11-16-13-23-18(21-16)14-7-6-10-19-12-14/h6-7,10,12-13,15H,1-5,8-9,11H2,(H,20,22). The molecule has 122 valence electrons. The molecule has 2 heterocycles. The van der Waals surface area contributed by atoms with Gasteiger partial charge in [-0.25, -0.2) is 4.98 Å². The quantitative estimate of drug-likeness (QED) is 0.923. The first-order valence-electron chi connectivity index (χ1n) is 8.45. The number of amides is 1. The second-order valence-corrected chi connectivity index (χ2v) is 7.03. The molecule has 4 nitrogen and oxygen atoms in total. The molecule has 1 fully saturated rings. The number of carbonyl (C=O) groups excluding carboxylic acids is 1. The lowest BCUT2D eigenvalue weighted by atomic mass is 9.96. The maximum Gasteiger partial charge on any atom is 0.226 e. The Bertz CT molecular complexity index is 618. The van der Waals surface area contributed by atoms with Crippen LogP contribution in [0.5, 0.6) is 0 Å². The van der Waals surface area contributed by atoms with Gasteiger partial charge in [-0.3, -0.25) is 9.78 Å². The minimum Gasteiger partial charge on any atom is -0.353 e. The van der Waals surface area contributed by atoms with E-state index in [1.165, 1.54) is 32.1 Å². The molecule has 2 aromatic rings. The van der Waals surface area contributed by atoms with Crippen LogP contribution in [0.1, 0.15) is 50.6 Å². The summed E-state index contributed by atoms with van der Waals surface area (Å²) in [6.07, 6.45) is 12.6. The van der Waals surface area contributed by atoms with E-state index >= 15 is 0 Å². The van der Waals surface area contributed by atoms with Crippen molar-refractivity contribution in [1.82, 2.24) is 15.3 Å². The van der Waals surface area contributed by atoms with Crippen molar-refractivity contribution in [3.05, 3.63) is 35.6 Å². The van der Waals surface area contributed by atoms with Crippen molar-refractivity contribution in [1.29, 1.82) is 0 Å². The van der Waals surface area contributed by atoms with Crippen LogP contribution in [0.25, 0.3) is 10.6 Å². The summed E-state index contributed by atoms with van der Waals surface area (Å²) in [5.74, 6) is 0.0959. The van der Waals surface area contributed by atoms with Gasteiger partial charge in [-0.1, -0.05) is 32.1 Å². The van der Waals surface area contributed by atoms with Crippen LogP contribution in [0.4, 0.5) is 0 Å². The number of pyridine rings is 1. The SMILES string of the molecule is O=C(Cc1csc(-c2cccnc2)n1)NC1CCCCCCC1. The highest BCUT2D eigenvalue weighted by atomic mass is 32.1. The molecule has 5 heteroatoms. The van der Waals surface area contributed by atoms with Crippen LogP contribution < -0.4 is 5.32 Å². The molecule has 1 N–H and O–H groups in total. The molecule has 0 spiro atoms. The summed E-state index contributed by atoms with van der Waals surface area (Å²) in [5, 5.41) is 6.09. The summed E-state index contributed by atoms with van der Waals surface area (Å²) >= 11 is 1.57. The molecule has 0 bridgehead atoms. The van der Waals surface area contributed by atoms with E-state index in [1.54, 1.807) is 23.7 Å². The molecule has 0 unspecified atom stereocenters. The maximum absolute atomic E-state index is 12.3. The molecule has 0 atom stereocenters. The maximum atomic E-state index is 12.3. The van der Waals surface area contributed by atoms with Gasteiger partial charge in [0.25, 0.3) is 0 Å². The molecule has 0 saturated heterocycles. The largest absolute Gasteiger partial charge is 0.353 e. The lowest BCUT2D eigenvalue weighted by molar-refractivity contribution is -0.121. The summed E-state index contributed by atoms with van der Waals surface area (Å²) < 4.78 is 0. The van der Waals surface area contributed by atoms with E-state index in [1.807, 2.05) is 17.5 Å². The van der Waals surface area contributed by atoms with Crippen molar-refractivity contribution in [2.75, 3.05) is 0 Å². The highest BCUT2D eigenvalue weighted by Crippen LogP contribution is 2.23. The summed E-state index contributed by atoms with van der Waals surface area (Å²) in [4.78, 5) is 20.9. The molecule has 3 rings (SSSR count). The third-order valence-corrected chi connectivity index (χ3v) is 5.21. The zero-order valence-electron chi connectivity index (χ0n) is 13.3. The van der Waals surface area contributed by atoms with Crippen LogP contribution >= 0.6 is 11.3 Å². The second kappa shape index (κ2) is 8.20. The fourth-order valence-corrected chi connectivity index (χ4v) is 3.86. The van der Waals surface area contributed by atoms with E-state index in [0.717, 1.165) is 29.1 Å². The normalized spacial score (nSPS) is 16.5. The van der Waals surface area contributed by atoms with Gasteiger partial charge in [-0.2, -0.15) is 0 Å². The Labute approximate surface area is 141 Å². The van der Waals surface area contributed by atoms with Gasteiger partial charge in [-0.15, -0.1) is 11.3 Å². The Balaban J connectivity index is 1.54. The van der Waals surface area contributed by atoms with Gasteiger partial charge in [0.15, 0.2) is 0 Å². The van der Waals surface area contributed by atoms with Crippen molar-refractivity contribution < 1.29 is 4.79 Å². The average molecular weight is 329 g/mol. The molecule has 0 radical (unpaired) electrons. The molecule has 23 heavy (non-hydrogen) atoms. The minimum absolute atomic E-state index is 0.0959. The number of rotatable bonds is 4. The van der Waals surface area contributed by atoms with Crippen molar-refractivity contribution in [3.8, 4) is 10.6 Å². The van der Waals surface area contributed by atoms with Crippen LogP contribution in [0.3, 0.4) is 0 Å². The molecule has 1 aliphatic rings. The van der Waals surface area contributed by atoms with Crippen molar-refractivity contribution in [2.45, 2.75) is 57.4 Å². The lowest BCUT2D eigenvalue weighted by Crippen LogP contribution is -2.36. The van der Waals surface area contributed by atoms with Gasteiger partial charge < -0.3 is 5.32 Å². The van der Waals surface area contributed by atoms with Gasteiger partial charge in [0, 0.05) is 29.4 Å². The zero-order valence-corrected chi connectivity index (χ0v) is 14.1. The number of hydrogen-bond acceptors (Lipinski definition) is 4. The summed E-state index contributed by atoms with van der Waals surface area (Å²) in [5.41, 5.74) is 1.85. The Morgan fingerprint density at radius 3 is 2.74 bits per heavy atom. The van der Waals surface area contributed by atoms with Gasteiger partial charge in [0.2, 0.25) is 5.91 Å². The Morgan fingerprint density at radius 1 is 1.22 bits per heavy atom. The van der Waals surface area contributed by atoms with E-state index in [2.05, 4.69) is 15.3 Å². The topological polar surface area (TPSA) is 54.9 Å². The summed E-state index contributed by atoms with van der Waals surface area (Å²) in [6.45, 7) is 0. The molecular weight excluding hydrogens is 306 g/mol. The number of thiazole rings is 1. The first-order valence-corrected chi connectivity index (χ1v) is 9.33. The predicted molar refractivity (Wildman–Crippen MR) is 93.3 cm³/mol. The molecule has 1 aliphatic carbocycles. The van der Waals surface area contributed by atoms with Crippen molar-refractivity contribution in [3.63, 3.8) is 0 Å². The molecule has 2 aromatic heterocycles. The van der Waals surface area contributed by atoms with Crippen molar-refractivity contribution >= 4 is 17.2 Å². The number of aromatic nitrogens is 2. The van der Waals surface area contributed by atoms with Crippen LogP contribution in [0, 0.1) is 0 Å². The zero-order chi connectivity index (χ0) is 15.9. The third-order valence-electron chi connectivity index (χ3n) is 4.27. The molecule has 1 amide bonds. The van der Waals surface area contributed by atoms with Crippen LogP contribution in [0.2, 0.25) is 0 Å². The van der Waals surface area contributed by atoms with E-state index in [9.17, 15) is 4.79 Å².